The summed E-state index contributed by atoms with van der Waals surface area (Å²) in [6.07, 6.45) is 3.85. The lowest BCUT2D eigenvalue weighted by molar-refractivity contribution is 0.0899. The van der Waals surface area contributed by atoms with Gasteiger partial charge in [0.05, 0.1) is 6.20 Å². The largest absolute Gasteiger partial charge is 0.351 e. The molecule has 1 amide bonds. The highest BCUT2D eigenvalue weighted by Gasteiger charge is 2.31. The first-order valence-corrected chi connectivity index (χ1v) is 8.70. The molecule has 1 N–H and O–H groups in total. The number of nitrogens with zero attached hydrogens (tertiary/aromatic N) is 3. The molecule has 0 spiro atoms. The van der Waals surface area contributed by atoms with E-state index in [1.54, 1.807) is 11.3 Å². The summed E-state index contributed by atoms with van der Waals surface area (Å²) < 4.78 is 3.73. The molecule has 2 aromatic heterocycles. The average molecular weight is 322 g/mol. The van der Waals surface area contributed by atoms with Gasteiger partial charge in [0.25, 0.3) is 5.91 Å². The van der Waals surface area contributed by atoms with E-state index in [1.165, 1.54) is 17.5 Å². The Morgan fingerprint density at radius 3 is 3.19 bits per heavy atom. The van der Waals surface area contributed by atoms with Crippen molar-refractivity contribution in [1.29, 1.82) is 0 Å². The van der Waals surface area contributed by atoms with E-state index in [1.807, 2.05) is 0 Å². The number of nitrogens with one attached hydrogen (secondary N) is 1. The Morgan fingerprint density at radius 2 is 2.48 bits per heavy atom. The molecular weight excluding hydrogens is 304 g/mol. The van der Waals surface area contributed by atoms with Gasteiger partial charge in [-0.25, -0.2) is 0 Å². The van der Waals surface area contributed by atoms with Crippen molar-refractivity contribution < 1.29 is 4.79 Å². The van der Waals surface area contributed by atoms with E-state index in [4.69, 9.17) is 0 Å². The third kappa shape index (κ3) is 3.30. The number of carbonyl (C=O) groups is 1. The first-order valence-electron chi connectivity index (χ1n) is 7.05. The summed E-state index contributed by atoms with van der Waals surface area (Å²) in [7, 11) is 2.17. The van der Waals surface area contributed by atoms with Crippen LogP contribution in [-0.2, 0) is 0 Å². The number of hydrogen-bond acceptors (Lipinski definition) is 6. The third-order valence-corrected chi connectivity index (χ3v) is 5.56. The molecule has 5 nitrogen and oxygen atoms in total. The smallest absolute Gasteiger partial charge is 0.264 e. The highest BCUT2D eigenvalue weighted by Crippen LogP contribution is 2.36. The van der Waals surface area contributed by atoms with Gasteiger partial charge in [-0.15, -0.1) is 16.4 Å². The van der Waals surface area contributed by atoms with Crippen molar-refractivity contribution in [2.24, 2.45) is 5.92 Å². The molecular formula is C14H18N4OS2. The Morgan fingerprint density at radius 1 is 1.57 bits per heavy atom. The van der Waals surface area contributed by atoms with Crippen LogP contribution in [0.5, 0.6) is 0 Å². The molecule has 3 heterocycles. The van der Waals surface area contributed by atoms with E-state index in [2.05, 4.69) is 44.4 Å². The summed E-state index contributed by atoms with van der Waals surface area (Å²) in [5.41, 5.74) is 0. The molecule has 2 unspecified atom stereocenters. The molecule has 1 fully saturated rings. The zero-order valence-electron chi connectivity index (χ0n) is 11.9. The van der Waals surface area contributed by atoms with Gasteiger partial charge in [-0.3, -0.25) is 9.69 Å². The fourth-order valence-corrected chi connectivity index (χ4v) is 4.38. The van der Waals surface area contributed by atoms with Gasteiger partial charge in [0.1, 0.15) is 4.88 Å². The first-order chi connectivity index (χ1) is 10.3. The van der Waals surface area contributed by atoms with Crippen molar-refractivity contribution in [2.45, 2.75) is 18.9 Å². The van der Waals surface area contributed by atoms with Gasteiger partial charge in [0.2, 0.25) is 0 Å². The van der Waals surface area contributed by atoms with E-state index in [-0.39, 0.29) is 5.91 Å². The van der Waals surface area contributed by atoms with E-state index in [9.17, 15) is 4.79 Å². The topological polar surface area (TPSA) is 58.1 Å². The second-order valence-corrected chi connectivity index (χ2v) is 7.10. The SMILES string of the molecule is CN1CCCC(CNC(=O)c2cnns2)C1c1cccs1. The van der Waals surface area contributed by atoms with Gasteiger partial charge in [-0.1, -0.05) is 10.6 Å². The Hall–Kier alpha value is -1.31. The molecule has 0 aromatic carbocycles. The average Bonchev–Trinajstić information content (AvgIpc) is 3.17. The molecule has 7 heteroatoms. The van der Waals surface area contributed by atoms with E-state index in [0.717, 1.165) is 24.5 Å². The standard InChI is InChI=1S/C14H18N4OS2/c1-18-6-2-4-10(13(18)11-5-3-7-20-11)8-15-14(19)12-9-16-17-21-12/h3,5,7,9-10,13H,2,4,6,8H2,1H3,(H,15,19). The fourth-order valence-electron chi connectivity index (χ4n) is 2.96. The molecule has 0 radical (unpaired) electrons. The molecule has 1 saturated heterocycles. The summed E-state index contributed by atoms with van der Waals surface area (Å²) in [4.78, 5) is 16.4. The van der Waals surface area contributed by atoms with Crippen LogP contribution in [0.1, 0.15) is 33.4 Å². The van der Waals surface area contributed by atoms with Crippen LogP contribution in [0.3, 0.4) is 0 Å². The summed E-state index contributed by atoms with van der Waals surface area (Å²) in [6.45, 7) is 1.81. The predicted octanol–water partition coefficient (Wildman–Crippen LogP) is 2.41. The minimum atomic E-state index is -0.0665. The molecule has 2 aromatic rings. The molecule has 0 bridgehead atoms. The number of rotatable bonds is 4. The highest BCUT2D eigenvalue weighted by molar-refractivity contribution is 7.10. The summed E-state index contributed by atoms with van der Waals surface area (Å²) in [5.74, 6) is 0.385. The summed E-state index contributed by atoms with van der Waals surface area (Å²) >= 11 is 2.93. The van der Waals surface area contributed by atoms with Crippen LogP contribution in [0.2, 0.25) is 0 Å². The quantitative estimate of drug-likeness (QED) is 0.939. The number of likely N-dealkylation sites (tertiary alicyclic amines) is 1. The molecule has 1 aliphatic heterocycles. The zero-order valence-corrected chi connectivity index (χ0v) is 13.5. The molecule has 0 aliphatic carbocycles. The summed E-state index contributed by atoms with van der Waals surface area (Å²) in [5, 5.41) is 8.86. The van der Waals surface area contributed by atoms with E-state index in [0.29, 0.717) is 23.4 Å². The lowest BCUT2D eigenvalue weighted by atomic mass is 9.88. The van der Waals surface area contributed by atoms with Gasteiger partial charge in [-0.05, 0) is 55.3 Å². The number of piperidine rings is 1. The van der Waals surface area contributed by atoms with Crippen LogP contribution in [0.25, 0.3) is 0 Å². The normalized spacial score (nSPS) is 23.1. The van der Waals surface area contributed by atoms with Crippen molar-refractivity contribution >= 4 is 28.8 Å². The maximum Gasteiger partial charge on any atom is 0.264 e. The number of carbonyl (C=O) groups excluding carboxylic acids is 1. The number of hydrogen-bond donors (Lipinski definition) is 1. The molecule has 112 valence electrons. The van der Waals surface area contributed by atoms with Gasteiger partial charge in [0, 0.05) is 17.5 Å². The Bertz CT molecular complexity index is 570. The minimum absolute atomic E-state index is 0.0665. The Kier molecular flexibility index (Phi) is 4.62. The lowest BCUT2D eigenvalue weighted by Crippen LogP contribution is -2.41. The van der Waals surface area contributed by atoms with Crippen molar-refractivity contribution in [2.75, 3.05) is 20.1 Å². The van der Waals surface area contributed by atoms with Crippen LogP contribution in [-0.4, -0.2) is 40.5 Å². The maximum absolute atomic E-state index is 12.0. The molecule has 21 heavy (non-hydrogen) atoms. The number of thiophene rings is 1. The van der Waals surface area contributed by atoms with Gasteiger partial charge in [-0.2, -0.15) is 0 Å². The molecule has 2 atom stereocenters. The van der Waals surface area contributed by atoms with Crippen LogP contribution in [0, 0.1) is 5.92 Å². The second kappa shape index (κ2) is 6.64. The Labute approximate surface area is 132 Å². The fraction of sp³-hybridized carbons (Fsp3) is 0.500. The number of amides is 1. The number of aromatic nitrogens is 2. The van der Waals surface area contributed by atoms with Crippen LogP contribution in [0.4, 0.5) is 0 Å². The van der Waals surface area contributed by atoms with E-state index >= 15 is 0 Å². The van der Waals surface area contributed by atoms with Crippen molar-refractivity contribution in [3.8, 4) is 0 Å². The first kappa shape index (κ1) is 14.6. The van der Waals surface area contributed by atoms with Crippen molar-refractivity contribution in [1.82, 2.24) is 19.8 Å². The van der Waals surface area contributed by atoms with Crippen LogP contribution in [0.15, 0.2) is 23.7 Å². The van der Waals surface area contributed by atoms with Crippen molar-refractivity contribution in [3.63, 3.8) is 0 Å². The maximum atomic E-state index is 12.0. The van der Waals surface area contributed by atoms with E-state index < -0.39 is 0 Å². The van der Waals surface area contributed by atoms with Crippen LogP contribution >= 0.6 is 22.9 Å². The van der Waals surface area contributed by atoms with Gasteiger partial charge >= 0.3 is 0 Å². The predicted molar refractivity (Wildman–Crippen MR) is 84.7 cm³/mol. The third-order valence-electron chi connectivity index (χ3n) is 3.95. The highest BCUT2D eigenvalue weighted by atomic mass is 32.1. The van der Waals surface area contributed by atoms with Crippen LogP contribution < -0.4 is 5.32 Å². The van der Waals surface area contributed by atoms with Gasteiger partial charge in [0.15, 0.2) is 0 Å². The molecule has 0 saturated carbocycles. The molecule has 1 aliphatic rings. The second-order valence-electron chi connectivity index (χ2n) is 5.33. The molecule has 3 rings (SSSR count). The minimum Gasteiger partial charge on any atom is -0.351 e. The van der Waals surface area contributed by atoms with Crippen molar-refractivity contribution in [3.05, 3.63) is 33.5 Å². The summed E-state index contributed by atoms with van der Waals surface area (Å²) in [6, 6.07) is 4.69. The van der Waals surface area contributed by atoms with Gasteiger partial charge < -0.3 is 5.32 Å². The monoisotopic (exact) mass is 322 g/mol. The lowest BCUT2D eigenvalue weighted by Gasteiger charge is -2.38. The Balaban J connectivity index is 1.66. The zero-order chi connectivity index (χ0) is 14.7.